The lowest BCUT2D eigenvalue weighted by molar-refractivity contribution is 0.0866. The summed E-state index contributed by atoms with van der Waals surface area (Å²) < 4.78 is 21.0. The van der Waals surface area contributed by atoms with Gasteiger partial charge in [0.2, 0.25) is 0 Å². The Balaban J connectivity index is 1.21. The number of carbonyl (C=O) groups is 1. The number of ether oxygens (including phenoxy) is 1. The van der Waals surface area contributed by atoms with Crippen LogP contribution in [0.3, 0.4) is 0 Å². The maximum Gasteiger partial charge on any atom is 0.410 e. The molecule has 1 aliphatic carbocycles. The number of amides is 1. The van der Waals surface area contributed by atoms with E-state index in [0.29, 0.717) is 23.1 Å². The SMILES string of the molecule is O=C(OCC1c2ccccc2-c2ccccc21)N1C2C=C(c3cccc(Br)c3F)CC1CC2. The molecule has 0 N–H and O–H groups in total. The van der Waals surface area contributed by atoms with Crippen LogP contribution in [0.1, 0.15) is 41.9 Å². The first-order valence-electron chi connectivity index (χ1n) is 11.4. The van der Waals surface area contributed by atoms with Crippen LogP contribution in [0.2, 0.25) is 0 Å². The van der Waals surface area contributed by atoms with Crippen molar-refractivity contribution in [3.63, 3.8) is 0 Å². The topological polar surface area (TPSA) is 29.5 Å². The van der Waals surface area contributed by atoms with Crippen LogP contribution in [-0.2, 0) is 4.74 Å². The Morgan fingerprint density at radius 2 is 1.61 bits per heavy atom. The molecule has 166 valence electrons. The van der Waals surface area contributed by atoms with Gasteiger partial charge in [-0.15, -0.1) is 0 Å². The molecule has 0 aromatic heterocycles. The third kappa shape index (κ3) is 3.41. The van der Waals surface area contributed by atoms with Crippen molar-refractivity contribution in [2.45, 2.75) is 37.3 Å². The number of hydrogen-bond acceptors (Lipinski definition) is 2. The van der Waals surface area contributed by atoms with Crippen molar-refractivity contribution in [2.75, 3.05) is 6.61 Å². The third-order valence-electron chi connectivity index (χ3n) is 7.24. The van der Waals surface area contributed by atoms with E-state index >= 15 is 0 Å². The largest absolute Gasteiger partial charge is 0.448 e. The van der Waals surface area contributed by atoms with Crippen LogP contribution in [0.4, 0.5) is 9.18 Å². The van der Waals surface area contributed by atoms with Crippen LogP contribution in [-0.4, -0.2) is 29.7 Å². The first kappa shape index (κ1) is 20.7. The Labute approximate surface area is 201 Å². The molecule has 0 saturated carbocycles. The lowest BCUT2D eigenvalue weighted by Gasteiger charge is -2.33. The zero-order valence-electron chi connectivity index (χ0n) is 18.0. The molecule has 2 bridgehead atoms. The lowest BCUT2D eigenvalue weighted by Crippen LogP contribution is -2.43. The van der Waals surface area contributed by atoms with Gasteiger partial charge in [0.25, 0.3) is 0 Å². The molecule has 33 heavy (non-hydrogen) atoms. The van der Waals surface area contributed by atoms with Crippen LogP contribution in [0.5, 0.6) is 0 Å². The number of carbonyl (C=O) groups excluding carboxylic acids is 1. The van der Waals surface area contributed by atoms with E-state index in [4.69, 9.17) is 4.74 Å². The van der Waals surface area contributed by atoms with E-state index < -0.39 is 0 Å². The average Bonchev–Trinajstić information content (AvgIpc) is 3.30. The fraction of sp³-hybridized carbons (Fsp3) is 0.250. The quantitative estimate of drug-likeness (QED) is 0.379. The van der Waals surface area contributed by atoms with Gasteiger partial charge in [0.1, 0.15) is 12.4 Å². The van der Waals surface area contributed by atoms with E-state index in [2.05, 4.69) is 46.3 Å². The smallest absolute Gasteiger partial charge is 0.410 e. The zero-order valence-corrected chi connectivity index (χ0v) is 19.6. The highest BCUT2D eigenvalue weighted by Gasteiger charge is 2.41. The van der Waals surface area contributed by atoms with Gasteiger partial charge >= 0.3 is 6.09 Å². The van der Waals surface area contributed by atoms with Crippen molar-refractivity contribution >= 4 is 27.6 Å². The van der Waals surface area contributed by atoms with E-state index in [-0.39, 0.29) is 29.9 Å². The second-order valence-electron chi connectivity index (χ2n) is 9.01. The van der Waals surface area contributed by atoms with Gasteiger partial charge in [0, 0.05) is 17.5 Å². The number of nitrogens with zero attached hydrogens (tertiary/aromatic N) is 1. The van der Waals surface area contributed by atoms with Crippen molar-refractivity contribution in [3.8, 4) is 11.1 Å². The molecule has 2 atom stereocenters. The molecule has 5 heteroatoms. The molecule has 2 heterocycles. The summed E-state index contributed by atoms with van der Waals surface area (Å²) in [6.07, 6.45) is 4.22. The summed E-state index contributed by atoms with van der Waals surface area (Å²) in [4.78, 5) is 15.1. The van der Waals surface area contributed by atoms with Gasteiger partial charge in [-0.3, -0.25) is 4.90 Å². The van der Waals surface area contributed by atoms with Gasteiger partial charge in [-0.05, 0) is 69.1 Å². The van der Waals surface area contributed by atoms with E-state index in [0.717, 1.165) is 18.4 Å². The summed E-state index contributed by atoms with van der Waals surface area (Å²) in [5, 5.41) is 0. The zero-order chi connectivity index (χ0) is 22.5. The van der Waals surface area contributed by atoms with E-state index in [1.165, 1.54) is 22.3 Å². The Kier molecular flexibility index (Phi) is 5.10. The Hall–Kier alpha value is -2.92. The first-order chi connectivity index (χ1) is 16.1. The van der Waals surface area contributed by atoms with Crippen molar-refractivity contribution in [1.82, 2.24) is 4.90 Å². The van der Waals surface area contributed by atoms with Crippen LogP contribution < -0.4 is 0 Å². The Bertz CT molecular complexity index is 1240. The van der Waals surface area contributed by atoms with Gasteiger partial charge in [0.05, 0.1) is 10.5 Å². The predicted molar refractivity (Wildman–Crippen MR) is 130 cm³/mol. The average molecular weight is 504 g/mol. The second kappa shape index (κ2) is 8.14. The molecule has 3 aliphatic rings. The minimum Gasteiger partial charge on any atom is -0.448 e. The standard InChI is InChI=1S/C28H23BrFNO2/c29-26-11-5-10-20(27(26)30)17-14-18-12-13-19(15-17)31(18)28(32)33-16-25-23-8-3-1-6-21(23)22-7-2-4-9-24(22)25/h1-11,14,18-19,25H,12-13,15-16H2. The molecule has 3 aromatic carbocycles. The number of halogens is 2. The summed E-state index contributed by atoms with van der Waals surface area (Å²) >= 11 is 3.28. The van der Waals surface area contributed by atoms with Crippen molar-refractivity contribution in [1.29, 1.82) is 0 Å². The molecular formula is C28H23BrFNO2. The number of benzene rings is 3. The molecule has 2 unspecified atom stereocenters. The minimum atomic E-state index is -0.269. The maximum absolute atomic E-state index is 14.7. The summed E-state index contributed by atoms with van der Waals surface area (Å²) in [5.74, 6) is -0.191. The number of fused-ring (bicyclic) bond motifs is 5. The molecule has 2 aliphatic heterocycles. The number of rotatable bonds is 3. The summed E-state index contributed by atoms with van der Waals surface area (Å²) in [5.41, 5.74) is 6.45. The van der Waals surface area contributed by atoms with Crippen molar-refractivity contribution < 1.29 is 13.9 Å². The molecule has 6 rings (SSSR count). The van der Waals surface area contributed by atoms with Crippen molar-refractivity contribution in [2.24, 2.45) is 0 Å². The Morgan fingerprint density at radius 3 is 2.30 bits per heavy atom. The normalized spacial score (nSPS) is 20.9. The molecule has 1 saturated heterocycles. The molecule has 3 aromatic rings. The lowest BCUT2D eigenvalue weighted by atomic mass is 9.94. The van der Waals surface area contributed by atoms with Crippen LogP contribution >= 0.6 is 15.9 Å². The summed E-state index contributed by atoms with van der Waals surface area (Å²) in [6.45, 7) is 0.319. The molecule has 0 radical (unpaired) electrons. The molecular weight excluding hydrogens is 481 g/mol. The predicted octanol–water partition coefficient (Wildman–Crippen LogP) is 7.16. The summed E-state index contributed by atoms with van der Waals surface area (Å²) in [6, 6.07) is 22.1. The van der Waals surface area contributed by atoms with Gasteiger partial charge in [-0.2, -0.15) is 0 Å². The third-order valence-corrected chi connectivity index (χ3v) is 7.85. The molecule has 1 fully saturated rings. The highest BCUT2D eigenvalue weighted by atomic mass is 79.9. The fourth-order valence-electron chi connectivity index (χ4n) is 5.73. The fourth-order valence-corrected chi connectivity index (χ4v) is 6.10. The maximum atomic E-state index is 14.7. The molecule has 3 nitrogen and oxygen atoms in total. The highest BCUT2D eigenvalue weighted by molar-refractivity contribution is 9.10. The molecule has 1 amide bonds. The first-order valence-corrected chi connectivity index (χ1v) is 12.2. The van der Waals surface area contributed by atoms with Crippen LogP contribution in [0, 0.1) is 5.82 Å². The monoisotopic (exact) mass is 503 g/mol. The summed E-state index contributed by atoms with van der Waals surface area (Å²) in [7, 11) is 0. The van der Waals surface area contributed by atoms with Crippen LogP contribution in [0.15, 0.2) is 77.3 Å². The van der Waals surface area contributed by atoms with Gasteiger partial charge in [-0.25, -0.2) is 9.18 Å². The van der Waals surface area contributed by atoms with Gasteiger partial charge < -0.3 is 4.74 Å². The second-order valence-corrected chi connectivity index (χ2v) is 9.86. The van der Waals surface area contributed by atoms with Gasteiger partial charge in [-0.1, -0.05) is 66.7 Å². The van der Waals surface area contributed by atoms with Crippen molar-refractivity contribution in [3.05, 3.63) is 99.8 Å². The van der Waals surface area contributed by atoms with Crippen LogP contribution in [0.25, 0.3) is 16.7 Å². The van der Waals surface area contributed by atoms with E-state index in [1.807, 2.05) is 41.3 Å². The van der Waals surface area contributed by atoms with E-state index in [1.54, 1.807) is 6.07 Å². The van der Waals surface area contributed by atoms with Gasteiger partial charge in [0.15, 0.2) is 0 Å². The highest BCUT2D eigenvalue weighted by Crippen LogP contribution is 2.45. The number of hydrogen-bond donors (Lipinski definition) is 0. The molecule has 0 spiro atoms. The Morgan fingerprint density at radius 1 is 0.939 bits per heavy atom. The van der Waals surface area contributed by atoms with E-state index in [9.17, 15) is 9.18 Å². The minimum absolute atomic E-state index is 0.0454.